The predicted octanol–water partition coefficient (Wildman–Crippen LogP) is 1.18. The van der Waals surface area contributed by atoms with Crippen LogP contribution in [0.4, 0.5) is 0 Å². The van der Waals surface area contributed by atoms with Crippen LogP contribution in [0.15, 0.2) is 12.2 Å². The summed E-state index contributed by atoms with van der Waals surface area (Å²) in [6.07, 6.45) is 5.49. The van der Waals surface area contributed by atoms with Crippen LogP contribution in [0.2, 0.25) is 0 Å². The fraction of sp³-hybridized carbons (Fsp3) is 0.636. The van der Waals surface area contributed by atoms with Crippen LogP contribution in [0.1, 0.15) is 26.7 Å². The van der Waals surface area contributed by atoms with Crippen LogP contribution in [-0.4, -0.2) is 23.0 Å². The molecule has 0 fully saturated rings. The van der Waals surface area contributed by atoms with E-state index in [0.29, 0.717) is 0 Å². The molecule has 4 heteroatoms. The molecule has 1 aliphatic rings. The molecule has 2 N–H and O–H groups in total. The maximum atomic E-state index is 11.6. The van der Waals surface area contributed by atoms with Crippen LogP contribution >= 0.6 is 0 Å². The van der Waals surface area contributed by atoms with Crippen LogP contribution < -0.4 is 5.32 Å². The second kappa shape index (κ2) is 4.96. The van der Waals surface area contributed by atoms with Crippen LogP contribution in [0.25, 0.3) is 0 Å². The molecule has 0 aromatic rings. The topological polar surface area (TPSA) is 66.4 Å². The molecule has 0 heterocycles. The number of carboxylic acids is 1. The summed E-state index contributed by atoms with van der Waals surface area (Å²) >= 11 is 0. The number of hydrogen-bond donors (Lipinski definition) is 2. The molecule has 84 valence electrons. The average Bonchev–Trinajstić information content (AvgIpc) is 2.68. The Labute approximate surface area is 89.4 Å². The lowest BCUT2D eigenvalue weighted by Gasteiger charge is -2.20. The second-order valence-corrected chi connectivity index (χ2v) is 4.06. The molecule has 15 heavy (non-hydrogen) atoms. The average molecular weight is 211 g/mol. The van der Waals surface area contributed by atoms with Gasteiger partial charge in [-0.3, -0.25) is 9.59 Å². The Morgan fingerprint density at radius 1 is 1.33 bits per heavy atom. The van der Waals surface area contributed by atoms with Gasteiger partial charge in [-0.15, -0.1) is 0 Å². The number of allylic oxidation sites excluding steroid dienone is 2. The number of carboxylic acid groups (broad SMARTS) is 1. The number of carbonyl (C=O) groups is 2. The first kappa shape index (κ1) is 11.8. The highest BCUT2D eigenvalue weighted by atomic mass is 16.4. The molecule has 0 aromatic carbocycles. The summed E-state index contributed by atoms with van der Waals surface area (Å²) in [5, 5.41) is 11.5. The molecule has 0 aliphatic heterocycles. The number of rotatable bonds is 4. The van der Waals surface area contributed by atoms with Crippen LogP contribution in [-0.2, 0) is 9.59 Å². The summed E-state index contributed by atoms with van der Waals surface area (Å²) in [5.74, 6) is -1.48. The lowest BCUT2D eigenvalue weighted by molar-refractivity contribution is -0.142. The van der Waals surface area contributed by atoms with Gasteiger partial charge in [0.1, 0.15) is 0 Å². The molecule has 1 rings (SSSR count). The van der Waals surface area contributed by atoms with Gasteiger partial charge in [0.05, 0.1) is 5.92 Å². The zero-order chi connectivity index (χ0) is 11.4. The Morgan fingerprint density at radius 2 is 1.87 bits per heavy atom. The van der Waals surface area contributed by atoms with Crippen molar-refractivity contribution in [1.29, 1.82) is 0 Å². The molecular formula is C11H17NO3. The maximum absolute atomic E-state index is 11.6. The molecule has 1 amide bonds. The third-order valence-corrected chi connectivity index (χ3v) is 2.89. The molecule has 4 nitrogen and oxygen atoms in total. The van der Waals surface area contributed by atoms with E-state index in [9.17, 15) is 9.59 Å². The van der Waals surface area contributed by atoms with E-state index in [0.717, 1.165) is 12.8 Å². The van der Waals surface area contributed by atoms with Gasteiger partial charge in [-0.05, 0) is 26.7 Å². The minimum absolute atomic E-state index is 0.00607. The van der Waals surface area contributed by atoms with E-state index in [2.05, 4.69) is 5.32 Å². The summed E-state index contributed by atoms with van der Waals surface area (Å²) in [7, 11) is 0. The molecule has 0 saturated carbocycles. The highest BCUT2D eigenvalue weighted by Crippen LogP contribution is 2.18. The van der Waals surface area contributed by atoms with E-state index in [1.165, 1.54) is 0 Å². The Hall–Kier alpha value is -1.32. The maximum Gasteiger partial charge on any atom is 0.308 e. The minimum Gasteiger partial charge on any atom is -0.481 e. The summed E-state index contributed by atoms with van der Waals surface area (Å²) in [4.78, 5) is 22.3. The molecule has 0 aromatic heterocycles. The van der Waals surface area contributed by atoms with E-state index in [4.69, 9.17) is 5.11 Å². The minimum atomic E-state index is -0.882. The lowest BCUT2D eigenvalue weighted by atomic mass is 10.0. The Morgan fingerprint density at radius 3 is 2.33 bits per heavy atom. The summed E-state index contributed by atoms with van der Waals surface area (Å²) in [6.45, 7) is 3.32. The first-order valence-corrected chi connectivity index (χ1v) is 5.20. The third-order valence-electron chi connectivity index (χ3n) is 2.89. The Kier molecular flexibility index (Phi) is 3.88. The van der Waals surface area contributed by atoms with E-state index < -0.39 is 11.9 Å². The van der Waals surface area contributed by atoms with Gasteiger partial charge in [-0.25, -0.2) is 0 Å². The number of aliphatic carboxylic acids is 1. The quantitative estimate of drug-likeness (QED) is 0.686. The Bertz CT molecular complexity index is 278. The summed E-state index contributed by atoms with van der Waals surface area (Å²) < 4.78 is 0. The van der Waals surface area contributed by atoms with E-state index >= 15 is 0 Å². The largest absolute Gasteiger partial charge is 0.481 e. The van der Waals surface area contributed by atoms with Gasteiger partial charge in [0.2, 0.25) is 5.91 Å². The number of nitrogens with one attached hydrogen (secondary N) is 1. The van der Waals surface area contributed by atoms with Crippen LogP contribution in [0.5, 0.6) is 0 Å². The van der Waals surface area contributed by atoms with E-state index in [1.54, 1.807) is 13.8 Å². The monoisotopic (exact) mass is 211 g/mol. The van der Waals surface area contributed by atoms with Gasteiger partial charge >= 0.3 is 5.97 Å². The normalized spacial score (nSPS) is 19.9. The molecule has 2 unspecified atom stereocenters. The second-order valence-electron chi connectivity index (χ2n) is 4.06. The standard InChI is InChI=1S/C11H17NO3/c1-7(11(14)15)8(2)12-10(13)9-5-3-4-6-9/h3-4,7-9H,5-6H2,1-2H3,(H,12,13)(H,14,15). The van der Waals surface area contributed by atoms with Crippen molar-refractivity contribution in [3.05, 3.63) is 12.2 Å². The van der Waals surface area contributed by atoms with E-state index in [-0.39, 0.29) is 17.9 Å². The number of amides is 1. The molecule has 0 bridgehead atoms. The van der Waals surface area contributed by atoms with Crippen molar-refractivity contribution in [3.63, 3.8) is 0 Å². The fourth-order valence-corrected chi connectivity index (χ4v) is 1.51. The third kappa shape index (κ3) is 3.08. The molecule has 1 aliphatic carbocycles. The van der Waals surface area contributed by atoms with Gasteiger partial charge in [0.15, 0.2) is 0 Å². The number of carbonyl (C=O) groups excluding carboxylic acids is 1. The van der Waals surface area contributed by atoms with Crippen molar-refractivity contribution in [2.75, 3.05) is 0 Å². The smallest absolute Gasteiger partial charge is 0.308 e. The number of hydrogen-bond acceptors (Lipinski definition) is 2. The van der Waals surface area contributed by atoms with Crippen LogP contribution in [0, 0.1) is 11.8 Å². The van der Waals surface area contributed by atoms with Gasteiger partial charge in [-0.1, -0.05) is 12.2 Å². The fourth-order valence-electron chi connectivity index (χ4n) is 1.51. The van der Waals surface area contributed by atoms with Crippen molar-refractivity contribution in [1.82, 2.24) is 5.32 Å². The van der Waals surface area contributed by atoms with Gasteiger partial charge in [0.25, 0.3) is 0 Å². The molecule has 2 atom stereocenters. The molecular weight excluding hydrogens is 194 g/mol. The molecule has 0 saturated heterocycles. The van der Waals surface area contributed by atoms with Gasteiger partial charge < -0.3 is 10.4 Å². The Balaban J connectivity index is 2.40. The predicted molar refractivity (Wildman–Crippen MR) is 56.3 cm³/mol. The zero-order valence-corrected chi connectivity index (χ0v) is 9.06. The SMILES string of the molecule is CC(NC(=O)C1CC=CC1)C(C)C(=O)O. The molecule has 0 radical (unpaired) electrons. The van der Waals surface area contributed by atoms with Gasteiger partial charge in [-0.2, -0.15) is 0 Å². The molecule has 0 spiro atoms. The van der Waals surface area contributed by atoms with E-state index in [1.807, 2.05) is 12.2 Å². The van der Waals surface area contributed by atoms with Crippen molar-refractivity contribution in [2.24, 2.45) is 11.8 Å². The highest BCUT2D eigenvalue weighted by Gasteiger charge is 2.25. The van der Waals surface area contributed by atoms with Crippen molar-refractivity contribution in [2.45, 2.75) is 32.7 Å². The first-order valence-electron chi connectivity index (χ1n) is 5.20. The summed E-state index contributed by atoms with van der Waals surface area (Å²) in [6, 6.07) is -0.324. The lowest BCUT2D eigenvalue weighted by Crippen LogP contribution is -2.42. The highest BCUT2D eigenvalue weighted by molar-refractivity contribution is 5.80. The first-order chi connectivity index (χ1) is 7.02. The van der Waals surface area contributed by atoms with Crippen molar-refractivity contribution < 1.29 is 14.7 Å². The van der Waals surface area contributed by atoms with Crippen molar-refractivity contribution >= 4 is 11.9 Å². The summed E-state index contributed by atoms with van der Waals surface area (Å²) in [5.41, 5.74) is 0. The van der Waals surface area contributed by atoms with Gasteiger partial charge in [0, 0.05) is 12.0 Å². The van der Waals surface area contributed by atoms with Crippen molar-refractivity contribution in [3.8, 4) is 0 Å². The van der Waals surface area contributed by atoms with Crippen LogP contribution in [0.3, 0.4) is 0 Å². The zero-order valence-electron chi connectivity index (χ0n) is 9.06.